The van der Waals surface area contributed by atoms with E-state index >= 15 is 0 Å². The Hall–Kier alpha value is -0.980. The number of aryl methyl sites for hydroxylation is 1. The summed E-state index contributed by atoms with van der Waals surface area (Å²) in [6, 6.07) is 6.87. The number of hydrogen-bond acceptors (Lipinski definition) is 1. The third kappa shape index (κ3) is 1.95. The normalized spacial score (nSPS) is 20.5. The fourth-order valence-corrected chi connectivity index (χ4v) is 3.28. The molecular formula is C15H21N. The molecule has 16 heavy (non-hydrogen) atoms. The van der Waals surface area contributed by atoms with Gasteiger partial charge in [-0.15, -0.1) is 0 Å². The van der Waals surface area contributed by atoms with Crippen LogP contribution >= 0.6 is 0 Å². The van der Waals surface area contributed by atoms with E-state index in [0.717, 1.165) is 12.5 Å². The van der Waals surface area contributed by atoms with Crippen molar-refractivity contribution in [3.8, 4) is 0 Å². The zero-order valence-corrected chi connectivity index (χ0v) is 9.97. The van der Waals surface area contributed by atoms with Crippen molar-refractivity contribution in [2.45, 2.75) is 44.9 Å². The van der Waals surface area contributed by atoms with E-state index in [1.165, 1.54) is 50.6 Å². The molecule has 0 aromatic heterocycles. The SMILES string of the molecule is c1cc2c(c(CC3CCCC3)c1)NCCC2. The van der Waals surface area contributed by atoms with E-state index in [1.54, 1.807) is 11.1 Å². The summed E-state index contributed by atoms with van der Waals surface area (Å²) in [7, 11) is 0. The van der Waals surface area contributed by atoms with E-state index in [0.29, 0.717) is 0 Å². The number of nitrogens with one attached hydrogen (secondary N) is 1. The molecule has 1 aromatic carbocycles. The largest absolute Gasteiger partial charge is 0.385 e. The van der Waals surface area contributed by atoms with Gasteiger partial charge < -0.3 is 5.32 Å². The predicted molar refractivity (Wildman–Crippen MR) is 68.9 cm³/mol. The van der Waals surface area contributed by atoms with E-state index < -0.39 is 0 Å². The average molecular weight is 215 g/mol. The summed E-state index contributed by atoms with van der Waals surface area (Å²) in [5.74, 6) is 0.954. The Balaban J connectivity index is 1.82. The lowest BCUT2D eigenvalue weighted by Crippen LogP contribution is -2.14. The van der Waals surface area contributed by atoms with Crippen molar-refractivity contribution in [2.75, 3.05) is 11.9 Å². The fourth-order valence-electron chi connectivity index (χ4n) is 3.28. The number of hydrogen-bond donors (Lipinski definition) is 1. The highest BCUT2D eigenvalue weighted by atomic mass is 14.9. The maximum absolute atomic E-state index is 3.61. The smallest absolute Gasteiger partial charge is 0.0405 e. The van der Waals surface area contributed by atoms with E-state index in [1.807, 2.05) is 0 Å². The third-order valence-electron chi connectivity index (χ3n) is 4.15. The van der Waals surface area contributed by atoms with Crippen LogP contribution in [0.4, 0.5) is 5.69 Å². The van der Waals surface area contributed by atoms with Crippen LogP contribution in [0.1, 0.15) is 43.2 Å². The molecule has 0 bridgehead atoms. The summed E-state index contributed by atoms with van der Waals surface area (Å²) in [5, 5.41) is 3.61. The summed E-state index contributed by atoms with van der Waals surface area (Å²) in [5.41, 5.74) is 4.59. The third-order valence-corrected chi connectivity index (χ3v) is 4.15. The second kappa shape index (κ2) is 4.48. The molecule has 0 radical (unpaired) electrons. The van der Waals surface area contributed by atoms with E-state index in [-0.39, 0.29) is 0 Å². The van der Waals surface area contributed by atoms with Gasteiger partial charge in [-0.25, -0.2) is 0 Å². The molecule has 1 saturated carbocycles. The van der Waals surface area contributed by atoms with Gasteiger partial charge in [-0.1, -0.05) is 43.9 Å². The summed E-state index contributed by atoms with van der Waals surface area (Å²) < 4.78 is 0. The van der Waals surface area contributed by atoms with Crippen molar-refractivity contribution < 1.29 is 0 Å². The summed E-state index contributed by atoms with van der Waals surface area (Å²) in [4.78, 5) is 0. The molecule has 0 atom stereocenters. The Morgan fingerprint density at radius 1 is 1.12 bits per heavy atom. The van der Waals surface area contributed by atoms with Gasteiger partial charge in [-0.05, 0) is 36.3 Å². The van der Waals surface area contributed by atoms with Crippen LogP contribution in [0.3, 0.4) is 0 Å². The molecule has 2 aliphatic rings. The second-order valence-electron chi connectivity index (χ2n) is 5.34. The highest BCUT2D eigenvalue weighted by molar-refractivity contribution is 5.59. The van der Waals surface area contributed by atoms with Gasteiger partial charge in [0.2, 0.25) is 0 Å². The minimum atomic E-state index is 0.954. The van der Waals surface area contributed by atoms with E-state index in [2.05, 4.69) is 23.5 Å². The Labute approximate surface area is 98.3 Å². The maximum Gasteiger partial charge on any atom is 0.0405 e. The molecule has 1 N–H and O–H groups in total. The number of fused-ring (bicyclic) bond motifs is 1. The lowest BCUT2D eigenvalue weighted by atomic mass is 9.92. The quantitative estimate of drug-likeness (QED) is 0.791. The van der Waals surface area contributed by atoms with Crippen molar-refractivity contribution >= 4 is 5.69 Å². The number of rotatable bonds is 2. The van der Waals surface area contributed by atoms with Gasteiger partial charge in [-0.3, -0.25) is 0 Å². The molecule has 1 aromatic rings. The van der Waals surface area contributed by atoms with Crippen LogP contribution < -0.4 is 5.32 Å². The van der Waals surface area contributed by atoms with Crippen molar-refractivity contribution in [3.63, 3.8) is 0 Å². The highest BCUT2D eigenvalue weighted by Crippen LogP contribution is 2.33. The summed E-state index contributed by atoms with van der Waals surface area (Å²) >= 11 is 0. The molecule has 1 aliphatic carbocycles. The Morgan fingerprint density at radius 3 is 2.88 bits per heavy atom. The zero-order chi connectivity index (χ0) is 10.8. The molecule has 1 heterocycles. The van der Waals surface area contributed by atoms with E-state index in [9.17, 15) is 0 Å². The first-order valence-corrected chi connectivity index (χ1v) is 6.78. The van der Waals surface area contributed by atoms with Crippen molar-refractivity contribution in [1.82, 2.24) is 0 Å². The molecule has 0 saturated heterocycles. The minimum absolute atomic E-state index is 0.954. The van der Waals surface area contributed by atoms with E-state index in [4.69, 9.17) is 0 Å². The second-order valence-corrected chi connectivity index (χ2v) is 5.34. The van der Waals surface area contributed by atoms with Crippen molar-refractivity contribution in [1.29, 1.82) is 0 Å². The highest BCUT2D eigenvalue weighted by Gasteiger charge is 2.18. The average Bonchev–Trinajstić information content (AvgIpc) is 2.82. The standard InChI is InChI=1S/C15H21N/c1-2-6-12(5-1)11-14-8-3-7-13-9-4-10-16-15(13)14/h3,7-8,12,16H,1-2,4-6,9-11H2. The van der Waals surface area contributed by atoms with Crippen LogP contribution in [0.5, 0.6) is 0 Å². The molecule has 0 spiro atoms. The lowest BCUT2D eigenvalue weighted by molar-refractivity contribution is 0.546. The first-order valence-electron chi connectivity index (χ1n) is 6.78. The van der Waals surface area contributed by atoms with Crippen LogP contribution in [0.15, 0.2) is 18.2 Å². The van der Waals surface area contributed by atoms with Crippen LogP contribution in [0.25, 0.3) is 0 Å². The number of anilines is 1. The topological polar surface area (TPSA) is 12.0 Å². The van der Waals surface area contributed by atoms with Crippen molar-refractivity contribution in [2.24, 2.45) is 5.92 Å². The molecule has 1 aliphatic heterocycles. The Kier molecular flexibility index (Phi) is 2.86. The molecule has 0 amide bonds. The predicted octanol–water partition coefficient (Wildman–Crippen LogP) is 3.78. The van der Waals surface area contributed by atoms with Gasteiger partial charge in [0.25, 0.3) is 0 Å². The summed E-state index contributed by atoms with van der Waals surface area (Å²) in [6.45, 7) is 1.16. The van der Waals surface area contributed by atoms with Gasteiger partial charge in [-0.2, -0.15) is 0 Å². The molecule has 1 nitrogen and oxygen atoms in total. The van der Waals surface area contributed by atoms with Gasteiger partial charge in [0.1, 0.15) is 0 Å². The Morgan fingerprint density at radius 2 is 2.00 bits per heavy atom. The van der Waals surface area contributed by atoms with Crippen LogP contribution in [0.2, 0.25) is 0 Å². The summed E-state index contributed by atoms with van der Waals surface area (Å²) in [6.07, 6.45) is 9.66. The van der Waals surface area contributed by atoms with Crippen LogP contribution in [-0.4, -0.2) is 6.54 Å². The number of benzene rings is 1. The molecule has 86 valence electrons. The van der Waals surface area contributed by atoms with Gasteiger partial charge in [0, 0.05) is 12.2 Å². The molecule has 3 rings (SSSR count). The monoisotopic (exact) mass is 215 g/mol. The molecule has 0 unspecified atom stereocenters. The number of para-hydroxylation sites is 1. The Bertz CT molecular complexity index is 364. The molecule has 1 heteroatoms. The fraction of sp³-hybridized carbons (Fsp3) is 0.600. The lowest BCUT2D eigenvalue weighted by Gasteiger charge is -2.22. The minimum Gasteiger partial charge on any atom is -0.385 e. The van der Waals surface area contributed by atoms with Crippen LogP contribution in [0, 0.1) is 5.92 Å². The van der Waals surface area contributed by atoms with Crippen molar-refractivity contribution in [3.05, 3.63) is 29.3 Å². The molecular weight excluding hydrogens is 194 g/mol. The van der Waals surface area contributed by atoms with Crippen LogP contribution in [-0.2, 0) is 12.8 Å². The van der Waals surface area contributed by atoms with Gasteiger partial charge in [0.15, 0.2) is 0 Å². The van der Waals surface area contributed by atoms with Gasteiger partial charge >= 0.3 is 0 Å². The van der Waals surface area contributed by atoms with Gasteiger partial charge in [0.05, 0.1) is 0 Å². The maximum atomic E-state index is 3.61. The first kappa shape index (κ1) is 10.2. The molecule has 1 fully saturated rings. The zero-order valence-electron chi connectivity index (χ0n) is 9.97. The first-order chi connectivity index (χ1) is 7.93.